The molecule has 2 aliphatic heterocycles. The Morgan fingerprint density at radius 1 is 1.35 bits per heavy atom. The van der Waals surface area contributed by atoms with Gasteiger partial charge in [-0.15, -0.1) is 0 Å². The van der Waals surface area contributed by atoms with E-state index in [-0.39, 0.29) is 12.0 Å². The van der Waals surface area contributed by atoms with Crippen LogP contribution in [0.1, 0.15) is 20.8 Å². The van der Waals surface area contributed by atoms with Crippen LogP contribution in [0.3, 0.4) is 0 Å². The molecule has 0 aromatic heterocycles. The quantitative estimate of drug-likeness (QED) is 0.759. The first-order chi connectivity index (χ1) is 7.98. The maximum atomic E-state index is 11.8. The fourth-order valence-corrected chi connectivity index (χ4v) is 2.24. The molecule has 0 unspecified atom stereocenters. The van der Waals surface area contributed by atoms with E-state index in [1.807, 2.05) is 20.8 Å². The number of nitrogens with one attached hydrogen (secondary N) is 1. The predicted molar refractivity (Wildman–Crippen MR) is 58.2 cm³/mol. The van der Waals surface area contributed by atoms with Gasteiger partial charge in [-0.25, -0.2) is 0 Å². The van der Waals surface area contributed by atoms with Crippen LogP contribution in [0.15, 0.2) is 0 Å². The van der Waals surface area contributed by atoms with Gasteiger partial charge < -0.3 is 24.3 Å². The zero-order valence-electron chi connectivity index (χ0n) is 10.6. The van der Waals surface area contributed by atoms with E-state index in [2.05, 4.69) is 5.32 Å². The number of carbonyl (C=O) groups excluding carboxylic acids is 1. The molecule has 0 aliphatic carbocycles. The first kappa shape index (κ1) is 12.8. The molecule has 1 amide bonds. The largest absolute Gasteiger partial charge is 0.354 e. The monoisotopic (exact) mass is 245 g/mol. The Morgan fingerprint density at radius 3 is 2.59 bits per heavy atom. The van der Waals surface area contributed by atoms with Crippen molar-refractivity contribution in [3.05, 3.63) is 0 Å². The fourth-order valence-electron chi connectivity index (χ4n) is 2.24. The van der Waals surface area contributed by atoms with Gasteiger partial charge in [0, 0.05) is 13.7 Å². The number of rotatable bonds is 3. The molecule has 0 spiro atoms. The number of fused-ring (bicyclic) bond motifs is 1. The first-order valence-electron chi connectivity index (χ1n) is 5.80. The van der Waals surface area contributed by atoms with Crippen molar-refractivity contribution in [1.29, 1.82) is 0 Å². The summed E-state index contributed by atoms with van der Waals surface area (Å²) in [7, 11) is 1.52. The summed E-state index contributed by atoms with van der Waals surface area (Å²) in [6, 6.07) is 0. The maximum Gasteiger partial charge on any atom is 0.252 e. The molecule has 0 aromatic carbocycles. The summed E-state index contributed by atoms with van der Waals surface area (Å²) in [5.74, 6) is -0.899. The van der Waals surface area contributed by atoms with Crippen LogP contribution in [-0.4, -0.2) is 50.0 Å². The Labute approximate surface area is 101 Å². The van der Waals surface area contributed by atoms with E-state index in [9.17, 15) is 4.79 Å². The molecule has 98 valence electrons. The van der Waals surface area contributed by atoms with E-state index in [1.165, 1.54) is 7.11 Å². The lowest BCUT2D eigenvalue weighted by Crippen LogP contribution is -2.42. The molecule has 6 nitrogen and oxygen atoms in total. The summed E-state index contributed by atoms with van der Waals surface area (Å²) >= 11 is 0. The van der Waals surface area contributed by atoms with Crippen LogP contribution in [0.25, 0.3) is 0 Å². The molecule has 6 heteroatoms. The summed E-state index contributed by atoms with van der Waals surface area (Å²) in [6.45, 7) is 6.03. The second-order valence-electron chi connectivity index (χ2n) is 4.62. The second kappa shape index (κ2) is 4.53. The summed E-state index contributed by atoms with van der Waals surface area (Å²) in [4.78, 5) is 11.8. The highest BCUT2D eigenvalue weighted by molar-refractivity contribution is 5.82. The van der Waals surface area contributed by atoms with Crippen LogP contribution in [0.2, 0.25) is 0 Å². The van der Waals surface area contributed by atoms with Crippen molar-refractivity contribution in [2.45, 2.75) is 51.2 Å². The minimum atomic E-state index is -0.708. The number of hydrogen-bond acceptors (Lipinski definition) is 5. The third kappa shape index (κ3) is 2.30. The predicted octanol–water partition coefficient (Wildman–Crippen LogP) is 0.0139. The molecule has 4 atom stereocenters. The lowest BCUT2D eigenvalue weighted by molar-refractivity contribution is -0.225. The van der Waals surface area contributed by atoms with Gasteiger partial charge in [-0.2, -0.15) is 0 Å². The standard InChI is InChI=1S/C11H19NO5/c1-5-12-9(13)7-6-8(10(14-4)15-7)17-11(2,3)16-6/h6-8,10H,5H2,1-4H3,(H,12,13)/t6-,7-,8+,10+/m0/s1. The highest BCUT2D eigenvalue weighted by atomic mass is 16.8. The van der Waals surface area contributed by atoms with Crippen LogP contribution < -0.4 is 5.32 Å². The molecular formula is C11H19NO5. The number of hydrogen-bond donors (Lipinski definition) is 1. The molecule has 2 heterocycles. The van der Waals surface area contributed by atoms with Crippen molar-refractivity contribution in [3.63, 3.8) is 0 Å². The van der Waals surface area contributed by atoms with Gasteiger partial charge in [0.05, 0.1) is 0 Å². The number of ether oxygens (including phenoxy) is 4. The number of methoxy groups -OCH3 is 1. The zero-order chi connectivity index (χ0) is 12.6. The zero-order valence-corrected chi connectivity index (χ0v) is 10.6. The van der Waals surface area contributed by atoms with E-state index in [0.717, 1.165) is 0 Å². The lowest BCUT2D eigenvalue weighted by atomic mass is 10.1. The molecule has 2 fully saturated rings. The van der Waals surface area contributed by atoms with Gasteiger partial charge >= 0.3 is 0 Å². The normalized spacial score (nSPS) is 39.1. The first-order valence-corrected chi connectivity index (χ1v) is 5.80. The van der Waals surface area contributed by atoms with Gasteiger partial charge in [0.1, 0.15) is 12.2 Å². The third-order valence-electron chi connectivity index (χ3n) is 2.85. The Kier molecular flexibility index (Phi) is 3.40. The average molecular weight is 245 g/mol. The van der Waals surface area contributed by atoms with Gasteiger partial charge in [-0.3, -0.25) is 4.79 Å². The molecule has 17 heavy (non-hydrogen) atoms. The molecule has 0 radical (unpaired) electrons. The molecule has 2 rings (SSSR count). The van der Waals surface area contributed by atoms with Gasteiger partial charge in [0.25, 0.3) is 5.91 Å². The number of carbonyl (C=O) groups is 1. The SMILES string of the molecule is CCNC(=O)[C@H]1O[C@@H](OC)[C@@H]2OC(C)(C)O[C@H]21. The number of amides is 1. The lowest BCUT2D eigenvalue weighted by Gasteiger charge is -2.23. The highest BCUT2D eigenvalue weighted by Gasteiger charge is 2.57. The third-order valence-corrected chi connectivity index (χ3v) is 2.85. The Bertz CT molecular complexity index is 306. The van der Waals surface area contributed by atoms with Crippen LogP contribution >= 0.6 is 0 Å². The highest BCUT2D eigenvalue weighted by Crippen LogP contribution is 2.38. The van der Waals surface area contributed by atoms with E-state index in [4.69, 9.17) is 18.9 Å². The van der Waals surface area contributed by atoms with Crippen molar-refractivity contribution < 1.29 is 23.7 Å². The van der Waals surface area contributed by atoms with Gasteiger partial charge in [0.2, 0.25) is 0 Å². The van der Waals surface area contributed by atoms with Crippen molar-refractivity contribution in [2.24, 2.45) is 0 Å². The molecule has 0 saturated carbocycles. The summed E-state index contributed by atoms with van der Waals surface area (Å²) < 4.78 is 22.1. The van der Waals surface area contributed by atoms with Gasteiger partial charge in [0.15, 0.2) is 18.2 Å². The minimum Gasteiger partial charge on any atom is -0.354 e. The Balaban J connectivity index is 2.12. The number of likely N-dealkylation sites (N-methyl/N-ethyl adjacent to an activating group) is 1. The van der Waals surface area contributed by atoms with Crippen molar-refractivity contribution in [3.8, 4) is 0 Å². The Hall–Kier alpha value is -0.690. The van der Waals surface area contributed by atoms with E-state index in [1.54, 1.807) is 0 Å². The van der Waals surface area contributed by atoms with Crippen molar-refractivity contribution >= 4 is 5.91 Å². The van der Waals surface area contributed by atoms with Crippen LogP contribution in [0.5, 0.6) is 0 Å². The summed E-state index contributed by atoms with van der Waals surface area (Å²) in [5.41, 5.74) is 0. The molecule has 2 saturated heterocycles. The topological polar surface area (TPSA) is 66.0 Å². The molecule has 0 bridgehead atoms. The van der Waals surface area contributed by atoms with E-state index >= 15 is 0 Å². The van der Waals surface area contributed by atoms with Crippen LogP contribution in [0, 0.1) is 0 Å². The van der Waals surface area contributed by atoms with Crippen LogP contribution in [0.4, 0.5) is 0 Å². The van der Waals surface area contributed by atoms with Crippen molar-refractivity contribution in [1.82, 2.24) is 5.32 Å². The summed E-state index contributed by atoms with van der Waals surface area (Å²) in [5, 5.41) is 2.72. The van der Waals surface area contributed by atoms with Gasteiger partial charge in [-0.05, 0) is 20.8 Å². The van der Waals surface area contributed by atoms with Crippen LogP contribution in [-0.2, 0) is 23.7 Å². The molecule has 2 aliphatic rings. The molecule has 1 N–H and O–H groups in total. The Morgan fingerprint density at radius 2 is 2.00 bits per heavy atom. The second-order valence-corrected chi connectivity index (χ2v) is 4.62. The van der Waals surface area contributed by atoms with Crippen molar-refractivity contribution in [2.75, 3.05) is 13.7 Å². The minimum absolute atomic E-state index is 0.191. The smallest absolute Gasteiger partial charge is 0.252 e. The van der Waals surface area contributed by atoms with E-state index < -0.39 is 24.3 Å². The maximum absolute atomic E-state index is 11.8. The van der Waals surface area contributed by atoms with E-state index in [0.29, 0.717) is 6.54 Å². The molecule has 0 aromatic rings. The molecular weight excluding hydrogens is 226 g/mol. The average Bonchev–Trinajstić information content (AvgIpc) is 2.71. The fraction of sp³-hybridized carbons (Fsp3) is 0.909. The van der Waals surface area contributed by atoms with Gasteiger partial charge in [-0.1, -0.05) is 0 Å². The summed E-state index contributed by atoms with van der Waals surface area (Å²) in [6.07, 6.45) is -2.01.